The molecule has 0 amide bonds. The second kappa shape index (κ2) is 13.5. The van der Waals surface area contributed by atoms with Crippen LogP contribution in [0.3, 0.4) is 0 Å². The van der Waals surface area contributed by atoms with Crippen molar-refractivity contribution in [3.63, 3.8) is 0 Å². The molecular weight excluding hydrogens is 848 g/mol. The van der Waals surface area contributed by atoms with Gasteiger partial charge in [0.15, 0.2) is 7.28 Å². The molecule has 10 aromatic rings. The number of hydrogen-bond acceptors (Lipinski definition) is 2. The van der Waals surface area contributed by atoms with E-state index in [1.165, 1.54) is 116 Å². The Balaban J connectivity index is 1.16. The molecule has 3 nitrogen and oxygen atoms in total. The molecule has 2 aromatic heterocycles. The highest BCUT2D eigenvalue weighted by Crippen LogP contribution is 2.56. The lowest BCUT2D eigenvalue weighted by Crippen LogP contribution is -2.38. The minimum Gasteiger partial charge on any atom is -0.455 e. The number of rotatable bonds is 3. The second-order valence-electron chi connectivity index (χ2n) is 24.8. The van der Waals surface area contributed by atoms with Gasteiger partial charge >= 0.3 is 0 Å². The SMILES string of the molecule is CC(C)(C)c1ccc(Nc2cc3c(cc2-c2c4c5c(c6cc7c(cc6n5-c5cc6c(cc5B4)-c4ccccc4C6(C)C)C(C)(C)CCC7(C)C)c4oc5ccccc5c24)C(C)(C)c2ccccc2-3)cc1. The highest BCUT2D eigenvalue weighted by molar-refractivity contribution is 6.74. The van der Waals surface area contributed by atoms with Crippen LogP contribution in [0.2, 0.25) is 0 Å². The van der Waals surface area contributed by atoms with Crippen molar-refractivity contribution in [2.45, 2.75) is 116 Å². The van der Waals surface area contributed by atoms with Crippen molar-refractivity contribution in [1.82, 2.24) is 4.57 Å². The van der Waals surface area contributed by atoms with E-state index in [1.807, 2.05) is 0 Å². The van der Waals surface area contributed by atoms with Crippen molar-refractivity contribution < 1.29 is 4.42 Å². The van der Waals surface area contributed by atoms with Crippen LogP contribution in [0.1, 0.15) is 128 Å². The third kappa shape index (κ3) is 5.48. The monoisotopic (exact) mass is 908 g/mol. The molecule has 0 saturated heterocycles. The van der Waals surface area contributed by atoms with Crippen LogP contribution in [-0.4, -0.2) is 11.8 Å². The molecule has 0 unspecified atom stereocenters. The van der Waals surface area contributed by atoms with Gasteiger partial charge in [-0.05, 0) is 150 Å². The van der Waals surface area contributed by atoms with Gasteiger partial charge in [-0.3, -0.25) is 0 Å². The smallest absolute Gasteiger partial charge is 0.198 e. The Labute approximate surface area is 413 Å². The van der Waals surface area contributed by atoms with Gasteiger partial charge in [-0.15, -0.1) is 0 Å². The Morgan fingerprint density at radius 1 is 0.543 bits per heavy atom. The average Bonchev–Trinajstić information content (AvgIpc) is 4.01. The van der Waals surface area contributed by atoms with Gasteiger partial charge < -0.3 is 14.3 Å². The van der Waals surface area contributed by atoms with Crippen LogP contribution in [0.5, 0.6) is 0 Å². The maximum Gasteiger partial charge on any atom is 0.198 e. The maximum atomic E-state index is 7.40. The average molecular weight is 909 g/mol. The number of aromatic nitrogens is 1. The van der Waals surface area contributed by atoms with Crippen molar-refractivity contribution in [3.8, 4) is 39.1 Å². The first-order valence-electron chi connectivity index (χ1n) is 25.8. The van der Waals surface area contributed by atoms with Crippen molar-refractivity contribution >= 4 is 73.3 Å². The summed E-state index contributed by atoms with van der Waals surface area (Å²) in [5.41, 5.74) is 28.1. The number of fused-ring (bicyclic) bond motifs is 16. The van der Waals surface area contributed by atoms with Crippen LogP contribution >= 0.6 is 0 Å². The lowest BCUT2D eigenvalue weighted by atomic mass is 9.58. The summed E-state index contributed by atoms with van der Waals surface area (Å²) in [6.45, 7) is 26.4. The van der Waals surface area contributed by atoms with Crippen molar-refractivity contribution in [1.29, 1.82) is 0 Å². The zero-order valence-electron chi connectivity index (χ0n) is 42.7. The Kier molecular flexibility index (Phi) is 8.15. The molecule has 0 atom stereocenters. The fourth-order valence-electron chi connectivity index (χ4n) is 13.9. The Morgan fingerprint density at radius 2 is 1.14 bits per heavy atom. The molecule has 3 aliphatic carbocycles. The summed E-state index contributed by atoms with van der Waals surface area (Å²) in [4.78, 5) is 0. The van der Waals surface area contributed by atoms with E-state index in [9.17, 15) is 0 Å². The van der Waals surface area contributed by atoms with E-state index in [0.717, 1.165) is 48.0 Å². The lowest BCUT2D eigenvalue weighted by Gasteiger charge is -2.42. The second-order valence-corrected chi connectivity index (χ2v) is 24.8. The summed E-state index contributed by atoms with van der Waals surface area (Å²) in [6, 6.07) is 51.5. The molecule has 0 fully saturated rings. The normalized spacial score (nSPS) is 17.2. The van der Waals surface area contributed by atoms with Gasteiger partial charge in [0, 0.05) is 49.6 Å². The van der Waals surface area contributed by atoms with Crippen LogP contribution < -0.4 is 16.2 Å². The molecule has 0 bridgehead atoms. The molecule has 0 radical (unpaired) electrons. The number of nitrogens with one attached hydrogen (secondary N) is 1. The number of para-hydroxylation sites is 1. The first kappa shape index (κ1) is 42.1. The molecule has 1 aliphatic heterocycles. The van der Waals surface area contributed by atoms with Gasteiger partial charge in [0.1, 0.15) is 11.2 Å². The Morgan fingerprint density at radius 3 is 1.81 bits per heavy atom. The number of hydrogen-bond donors (Lipinski definition) is 1. The van der Waals surface area contributed by atoms with E-state index in [4.69, 9.17) is 4.42 Å². The van der Waals surface area contributed by atoms with Crippen LogP contribution in [0.4, 0.5) is 11.4 Å². The van der Waals surface area contributed by atoms with Crippen molar-refractivity contribution in [2.75, 3.05) is 5.32 Å². The van der Waals surface area contributed by atoms with Crippen molar-refractivity contribution in [2.24, 2.45) is 0 Å². The zero-order valence-corrected chi connectivity index (χ0v) is 42.7. The molecule has 4 heteroatoms. The molecule has 0 saturated carbocycles. The van der Waals surface area contributed by atoms with E-state index in [2.05, 4.69) is 220 Å². The summed E-state index contributed by atoms with van der Waals surface area (Å²) in [6.07, 6.45) is 2.32. The van der Waals surface area contributed by atoms with Gasteiger partial charge in [-0.2, -0.15) is 0 Å². The molecule has 4 aliphatic rings. The minimum absolute atomic E-state index is 0.0397. The first-order valence-corrected chi connectivity index (χ1v) is 25.8. The third-order valence-corrected chi connectivity index (χ3v) is 18.0. The predicted molar refractivity (Wildman–Crippen MR) is 299 cm³/mol. The highest BCUT2D eigenvalue weighted by Gasteiger charge is 2.43. The topological polar surface area (TPSA) is 30.1 Å². The quantitative estimate of drug-likeness (QED) is 0.179. The summed E-state index contributed by atoms with van der Waals surface area (Å²) in [5, 5.41) is 8.97. The third-order valence-electron chi connectivity index (χ3n) is 18.0. The van der Waals surface area contributed by atoms with Gasteiger partial charge in [0.2, 0.25) is 0 Å². The Hall–Kier alpha value is -6.78. The highest BCUT2D eigenvalue weighted by atomic mass is 16.3. The molecular formula is C66H61BN2O. The van der Waals surface area contributed by atoms with E-state index < -0.39 is 0 Å². The summed E-state index contributed by atoms with van der Waals surface area (Å²) < 4.78 is 10.1. The molecule has 8 aromatic carbocycles. The largest absolute Gasteiger partial charge is 0.455 e. The molecule has 0 spiro atoms. The summed E-state index contributed by atoms with van der Waals surface area (Å²) in [5.74, 6) is 0. The van der Waals surface area contributed by atoms with Gasteiger partial charge in [-0.1, -0.05) is 167 Å². The van der Waals surface area contributed by atoms with Crippen LogP contribution in [0.25, 0.3) is 82.8 Å². The van der Waals surface area contributed by atoms with Gasteiger partial charge in [-0.25, -0.2) is 0 Å². The van der Waals surface area contributed by atoms with E-state index in [-0.39, 0.29) is 27.1 Å². The maximum absolute atomic E-state index is 7.40. The van der Waals surface area contributed by atoms with E-state index >= 15 is 0 Å². The molecule has 3 heterocycles. The molecule has 1 N–H and O–H groups in total. The molecule has 14 rings (SSSR count). The fraction of sp³-hybridized carbons (Fsp3) is 0.273. The van der Waals surface area contributed by atoms with Crippen LogP contribution in [0.15, 0.2) is 138 Å². The lowest BCUT2D eigenvalue weighted by molar-refractivity contribution is 0.332. The minimum atomic E-state index is -0.201. The van der Waals surface area contributed by atoms with Crippen LogP contribution in [-0.2, 0) is 27.1 Å². The first-order chi connectivity index (χ1) is 33.3. The van der Waals surface area contributed by atoms with E-state index in [0.29, 0.717) is 0 Å². The number of benzene rings is 8. The van der Waals surface area contributed by atoms with Crippen LogP contribution in [0, 0.1) is 0 Å². The predicted octanol–water partition coefficient (Wildman–Crippen LogP) is 16.1. The fourth-order valence-corrected chi connectivity index (χ4v) is 13.9. The van der Waals surface area contributed by atoms with Gasteiger partial charge in [0.05, 0.1) is 16.4 Å². The van der Waals surface area contributed by atoms with E-state index in [1.54, 1.807) is 0 Å². The summed E-state index contributed by atoms with van der Waals surface area (Å²) >= 11 is 0. The standard InChI is InChI=1S/C66H61BN2O/c1-62(2,3)36-24-26-37(27-25-36)68-52-33-42-39-19-13-16-22-46(39)65(8,9)47(42)30-43(52)56-57-40-20-14-17-23-55(40)70-61(57)58-44-31-49-50(64(6,7)29-28-63(49,4)5)35-53(44)69-54-34-48-41(32-51(54)67-59(56)60(58)69)38-18-12-15-21-45(38)66(48,10)11/h12-27,30-35,67-68H,28-29H2,1-11H3. The molecule has 70 heavy (non-hydrogen) atoms. The number of nitrogens with zero attached hydrogens (tertiary/aromatic N) is 1. The summed E-state index contributed by atoms with van der Waals surface area (Å²) in [7, 11) is 0.792. The number of anilines is 2. The Bertz CT molecular complexity index is 3970. The van der Waals surface area contributed by atoms with Crippen molar-refractivity contribution in [3.05, 3.63) is 172 Å². The number of furan rings is 1. The zero-order chi connectivity index (χ0) is 48.2. The molecule has 344 valence electrons. The van der Waals surface area contributed by atoms with Gasteiger partial charge in [0.25, 0.3) is 0 Å².